The van der Waals surface area contributed by atoms with Gasteiger partial charge in [0.2, 0.25) is 0 Å². The largest absolute Gasteiger partial charge is 0.496 e. The van der Waals surface area contributed by atoms with E-state index in [0.29, 0.717) is 38.2 Å². The first-order valence-corrected chi connectivity index (χ1v) is 14.3. The third-order valence-corrected chi connectivity index (χ3v) is 8.80. The number of hydrogen-bond acceptors (Lipinski definition) is 11. The summed E-state index contributed by atoms with van der Waals surface area (Å²) in [6, 6.07) is 20.5. The molecule has 0 N–H and O–H groups in total. The predicted molar refractivity (Wildman–Crippen MR) is 158 cm³/mol. The van der Waals surface area contributed by atoms with Gasteiger partial charge in [0.1, 0.15) is 10.8 Å². The number of thioether (sulfide) groups is 1. The van der Waals surface area contributed by atoms with Crippen LogP contribution in [-0.4, -0.2) is 33.1 Å². The molecule has 2 heterocycles. The highest BCUT2D eigenvalue weighted by Gasteiger charge is 2.16. The number of fused-ring (bicyclic) bond motifs is 1. The van der Waals surface area contributed by atoms with Crippen molar-refractivity contribution in [3.8, 4) is 5.75 Å². The van der Waals surface area contributed by atoms with Gasteiger partial charge in [0.05, 0.1) is 37.8 Å². The third kappa shape index (κ3) is 6.45. The molecule has 3 aromatic carbocycles. The number of methoxy groups -OCH3 is 1. The summed E-state index contributed by atoms with van der Waals surface area (Å²) in [7, 11) is 1.53. The van der Waals surface area contributed by atoms with Crippen LogP contribution < -0.4 is 4.74 Å². The van der Waals surface area contributed by atoms with Gasteiger partial charge in [-0.2, -0.15) is 0 Å². The van der Waals surface area contributed by atoms with E-state index in [4.69, 9.17) is 4.74 Å². The van der Waals surface area contributed by atoms with Gasteiger partial charge in [0, 0.05) is 41.9 Å². The van der Waals surface area contributed by atoms with E-state index >= 15 is 0 Å². The van der Waals surface area contributed by atoms with E-state index in [2.05, 4.69) is 15.0 Å². The summed E-state index contributed by atoms with van der Waals surface area (Å²) in [5.74, 6) is 1.04. The number of thiazole rings is 1. The first-order valence-electron chi connectivity index (χ1n) is 11.7. The number of nitro groups is 2. The van der Waals surface area contributed by atoms with Gasteiger partial charge >= 0.3 is 0 Å². The molecule has 0 amide bonds. The van der Waals surface area contributed by atoms with Crippen molar-refractivity contribution in [1.82, 2.24) is 9.97 Å². The molecule has 0 spiro atoms. The number of ether oxygens (including phenoxy) is 1. The molecule has 2 aromatic heterocycles. The van der Waals surface area contributed by atoms with Gasteiger partial charge in [0.25, 0.3) is 11.4 Å². The van der Waals surface area contributed by atoms with Crippen LogP contribution in [0.1, 0.15) is 11.1 Å². The second-order valence-corrected chi connectivity index (χ2v) is 11.5. The van der Waals surface area contributed by atoms with E-state index in [0.717, 1.165) is 14.6 Å². The Labute approximate surface area is 240 Å². The van der Waals surface area contributed by atoms with Gasteiger partial charge in [-0.05, 0) is 48.0 Å². The zero-order valence-corrected chi connectivity index (χ0v) is 23.2. The van der Waals surface area contributed by atoms with Crippen LogP contribution in [0, 0.1) is 20.2 Å². The first kappa shape index (κ1) is 27.2. The molecule has 0 unspecified atom stereocenters. The molecule has 0 radical (unpaired) electrons. The summed E-state index contributed by atoms with van der Waals surface area (Å²) in [6.45, 7) is 0. The minimum absolute atomic E-state index is 0.00938. The molecule has 200 valence electrons. The standard InChI is InChI=1S/C27H19N5O5S3/c1-37-23-9-7-20(31(33)34)13-18(23)16-38-27-30-21-8-6-19(14-25(21)40-27)29-15-17-5-10-24(22(12-17)32(35)36)39-26-4-2-3-11-28-26/h2-15H,16H2,1H3. The van der Waals surface area contributed by atoms with Gasteiger partial charge in [-0.25, -0.2) is 9.97 Å². The lowest BCUT2D eigenvalue weighted by Crippen LogP contribution is -1.94. The number of rotatable bonds is 10. The van der Waals surface area contributed by atoms with Crippen LogP contribution in [0.5, 0.6) is 5.75 Å². The molecule has 0 fully saturated rings. The molecule has 40 heavy (non-hydrogen) atoms. The number of non-ortho nitro benzene ring substituents is 1. The molecule has 0 aliphatic carbocycles. The van der Waals surface area contributed by atoms with Crippen LogP contribution in [-0.2, 0) is 5.75 Å². The number of aliphatic imine (C=N–C) groups is 1. The predicted octanol–water partition coefficient (Wildman–Crippen LogP) is 7.71. The monoisotopic (exact) mass is 589 g/mol. The zero-order chi connectivity index (χ0) is 28.1. The first-order chi connectivity index (χ1) is 19.4. The molecule has 5 aromatic rings. The lowest BCUT2D eigenvalue weighted by molar-refractivity contribution is -0.387. The maximum absolute atomic E-state index is 11.7. The Balaban J connectivity index is 1.31. The summed E-state index contributed by atoms with van der Waals surface area (Å²) in [5, 5.41) is 23.5. The van der Waals surface area contributed by atoms with Gasteiger partial charge in [-0.3, -0.25) is 25.2 Å². The third-order valence-electron chi connectivity index (χ3n) is 5.57. The SMILES string of the molecule is COc1ccc([N+](=O)[O-])cc1CSc1nc2ccc(N=Cc3ccc(Sc4ccccn4)c([N+](=O)[O-])c3)cc2s1. The number of benzene rings is 3. The Bertz CT molecular complexity index is 1740. The second-order valence-electron chi connectivity index (χ2n) is 8.19. The Morgan fingerprint density at radius 1 is 1.02 bits per heavy atom. The lowest BCUT2D eigenvalue weighted by atomic mass is 10.2. The molecule has 0 bridgehead atoms. The van der Waals surface area contributed by atoms with Gasteiger partial charge in [-0.1, -0.05) is 35.7 Å². The van der Waals surface area contributed by atoms with Gasteiger partial charge in [0.15, 0.2) is 4.34 Å². The topological polar surface area (TPSA) is 134 Å². The van der Waals surface area contributed by atoms with E-state index in [-0.39, 0.29) is 11.4 Å². The minimum atomic E-state index is -0.429. The average molecular weight is 590 g/mol. The van der Waals surface area contributed by atoms with Crippen molar-refractivity contribution in [2.45, 2.75) is 20.0 Å². The van der Waals surface area contributed by atoms with Crippen molar-refractivity contribution in [1.29, 1.82) is 0 Å². The molecular formula is C27H19N5O5S3. The van der Waals surface area contributed by atoms with E-state index < -0.39 is 9.85 Å². The van der Waals surface area contributed by atoms with E-state index in [1.807, 2.05) is 24.3 Å². The molecule has 0 aliphatic rings. The van der Waals surface area contributed by atoms with Crippen LogP contribution in [0.25, 0.3) is 10.2 Å². The highest BCUT2D eigenvalue weighted by molar-refractivity contribution is 8.00. The molecule has 0 aliphatic heterocycles. The average Bonchev–Trinajstić information content (AvgIpc) is 3.38. The summed E-state index contributed by atoms with van der Waals surface area (Å²) in [6.07, 6.45) is 3.24. The van der Waals surface area contributed by atoms with Crippen LogP contribution in [0.15, 0.2) is 98.2 Å². The summed E-state index contributed by atoms with van der Waals surface area (Å²) in [5.41, 5.74) is 2.80. The number of aromatic nitrogens is 2. The zero-order valence-electron chi connectivity index (χ0n) is 20.8. The molecular weight excluding hydrogens is 571 g/mol. The van der Waals surface area contributed by atoms with Crippen LogP contribution in [0.4, 0.5) is 17.1 Å². The summed E-state index contributed by atoms with van der Waals surface area (Å²) in [4.78, 5) is 35.9. The number of pyridine rings is 1. The summed E-state index contributed by atoms with van der Waals surface area (Å²) < 4.78 is 7.08. The van der Waals surface area contributed by atoms with E-state index in [1.54, 1.807) is 42.7 Å². The Kier molecular flexibility index (Phi) is 8.34. The Morgan fingerprint density at radius 2 is 1.90 bits per heavy atom. The van der Waals surface area contributed by atoms with Crippen LogP contribution in [0.3, 0.4) is 0 Å². The molecule has 13 heteroatoms. The van der Waals surface area contributed by atoms with Crippen molar-refractivity contribution in [3.63, 3.8) is 0 Å². The fourth-order valence-corrected chi connectivity index (χ4v) is 6.62. The molecule has 10 nitrogen and oxygen atoms in total. The number of nitro benzene ring substituents is 2. The van der Waals surface area contributed by atoms with Crippen molar-refractivity contribution in [2.24, 2.45) is 4.99 Å². The Hall–Kier alpha value is -4.33. The van der Waals surface area contributed by atoms with Crippen LogP contribution in [0.2, 0.25) is 0 Å². The van der Waals surface area contributed by atoms with Crippen molar-refractivity contribution < 1.29 is 14.6 Å². The molecule has 5 rings (SSSR count). The molecule has 0 saturated heterocycles. The minimum Gasteiger partial charge on any atom is -0.496 e. The van der Waals surface area contributed by atoms with Gasteiger partial charge < -0.3 is 4.74 Å². The van der Waals surface area contributed by atoms with E-state index in [1.165, 1.54) is 60.2 Å². The van der Waals surface area contributed by atoms with Crippen molar-refractivity contribution in [2.75, 3.05) is 7.11 Å². The van der Waals surface area contributed by atoms with Gasteiger partial charge in [-0.15, -0.1) is 11.3 Å². The maximum atomic E-state index is 11.7. The molecule has 0 saturated carbocycles. The highest BCUT2D eigenvalue weighted by atomic mass is 32.2. The Morgan fingerprint density at radius 3 is 2.65 bits per heavy atom. The maximum Gasteiger partial charge on any atom is 0.283 e. The molecule has 0 atom stereocenters. The van der Waals surface area contributed by atoms with Crippen LogP contribution >= 0.6 is 34.9 Å². The smallest absolute Gasteiger partial charge is 0.283 e. The number of hydrogen-bond donors (Lipinski definition) is 0. The van der Waals surface area contributed by atoms with Crippen molar-refractivity contribution in [3.05, 3.63) is 110 Å². The fraction of sp³-hybridized carbons (Fsp3) is 0.0741. The van der Waals surface area contributed by atoms with Crippen molar-refractivity contribution >= 4 is 68.4 Å². The lowest BCUT2D eigenvalue weighted by Gasteiger charge is -2.06. The summed E-state index contributed by atoms with van der Waals surface area (Å²) >= 11 is 4.19. The highest BCUT2D eigenvalue weighted by Crippen LogP contribution is 2.37. The van der Waals surface area contributed by atoms with E-state index in [9.17, 15) is 20.2 Å². The normalized spacial score (nSPS) is 11.2. The second kappa shape index (κ2) is 12.2. The number of nitrogens with zero attached hydrogens (tertiary/aromatic N) is 5. The fourth-order valence-electron chi connectivity index (χ4n) is 3.68. The quantitative estimate of drug-likeness (QED) is 0.0694.